The molecule has 6 aliphatic rings. The highest BCUT2D eigenvalue weighted by molar-refractivity contribution is 6.76. The van der Waals surface area contributed by atoms with Crippen LogP contribution in [-0.2, 0) is 123 Å². The van der Waals surface area contributed by atoms with Crippen molar-refractivity contribution in [1.82, 2.24) is 0 Å². The topological polar surface area (TPSA) is 498 Å². The van der Waals surface area contributed by atoms with Crippen LogP contribution in [0, 0.1) is 64.6 Å². The Morgan fingerprint density at radius 1 is 0.409 bits per heavy atom. The van der Waals surface area contributed by atoms with E-state index in [2.05, 4.69) is 40.1 Å². The summed E-state index contributed by atoms with van der Waals surface area (Å²) in [6.07, 6.45) is -17.8. The molecule has 0 saturated carbocycles. The van der Waals surface area contributed by atoms with Crippen LogP contribution in [0.2, 0.25) is 0 Å². The van der Waals surface area contributed by atoms with E-state index in [1.807, 2.05) is 72.7 Å². The Morgan fingerprint density at radius 3 is 1.08 bits per heavy atom. The summed E-state index contributed by atoms with van der Waals surface area (Å²) < 4.78 is 99.1. The second-order valence-corrected chi connectivity index (χ2v) is 30.4. The van der Waals surface area contributed by atoms with Crippen LogP contribution >= 0.6 is 34.8 Å². The molecular weight excluding hydrogens is 1510 g/mol. The van der Waals surface area contributed by atoms with Crippen molar-refractivity contribution in [1.29, 1.82) is 5.41 Å². The average Bonchev–Trinajstić information content (AvgIpc) is 0.772. The summed E-state index contributed by atoms with van der Waals surface area (Å²) in [7, 11) is 0. The van der Waals surface area contributed by atoms with Gasteiger partial charge in [0.1, 0.15) is 70.1 Å². The van der Waals surface area contributed by atoms with E-state index >= 15 is 0 Å². The number of benzene rings is 2. The second-order valence-electron chi connectivity index (χ2n) is 28.2. The molecule has 0 aromatic heterocycles. The molecule has 40 heteroatoms. The predicted molar refractivity (Wildman–Crippen MR) is 385 cm³/mol. The highest BCUT2D eigenvalue weighted by Gasteiger charge is 2.57. The number of rotatable bonds is 27. The molecule has 0 bridgehead atoms. The van der Waals surface area contributed by atoms with E-state index in [4.69, 9.17) is 126 Å². The number of alkyl halides is 3. The Morgan fingerprint density at radius 2 is 0.727 bits per heavy atom. The largest absolute Gasteiger partial charge is 0.463 e. The van der Waals surface area contributed by atoms with Gasteiger partial charge in [0.25, 0.3) is 3.79 Å². The maximum absolute atomic E-state index is 14.1. The van der Waals surface area contributed by atoms with Gasteiger partial charge < -0.3 is 85.6 Å². The minimum atomic E-state index is -2.28. The van der Waals surface area contributed by atoms with Crippen LogP contribution in [-0.4, -0.2) is 200 Å². The lowest BCUT2D eigenvalue weighted by Crippen LogP contribution is -2.61. The molecule has 37 nitrogen and oxygen atoms in total. The number of carbonyl (C=O) groups excluding carboxylic acids is 6. The summed E-state index contributed by atoms with van der Waals surface area (Å²) in [5.74, 6) is -9.07. The van der Waals surface area contributed by atoms with Gasteiger partial charge >= 0.3 is 35.8 Å². The molecular formula is C70H96Cl3N13O24. The van der Waals surface area contributed by atoms with E-state index in [-0.39, 0.29) is 63.3 Å². The monoisotopic (exact) mass is 1610 g/mol. The van der Waals surface area contributed by atoms with Gasteiger partial charge in [-0.15, -0.1) is 0 Å². The average molecular weight is 1610 g/mol. The van der Waals surface area contributed by atoms with Gasteiger partial charge in [0, 0.05) is 59.2 Å². The Kier molecular flexibility index (Phi) is 34.0. The van der Waals surface area contributed by atoms with Crippen LogP contribution in [0.3, 0.4) is 0 Å². The van der Waals surface area contributed by atoms with E-state index in [0.29, 0.717) is 5.56 Å². The van der Waals surface area contributed by atoms with E-state index < -0.39 is 204 Å². The highest BCUT2D eigenvalue weighted by Crippen LogP contribution is 2.45. The van der Waals surface area contributed by atoms with Crippen LogP contribution in [0.5, 0.6) is 0 Å². The molecule has 110 heavy (non-hydrogen) atoms. The number of hydrogen-bond acceptors (Lipinski definition) is 29. The van der Waals surface area contributed by atoms with E-state index in [1.165, 1.54) is 27.7 Å². The number of ether oxygens (including phenoxy) is 17. The van der Waals surface area contributed by atoms with Gasteiger partial charge in [-0.1, -0.05) is 185 Å². The maximum atomic E-state index is 14.1. The normalized spacial score (nSPS) is 36.1. The third-order valence-electron chi connectivity index (χ3n) is 20.9. The predicted octanol–water partition coefficient (Wildman–Crippen LogP) is 11.0. The molecule has 12 unspecified atom stereocenters. The van der Waals surface area contributed by atoms with Crippen molar-refractivity contribution >= 4 is 76.5 Å². The molecule has 6 fully saturated rings. The van der Waals surface area contributed by atoms with Crippen molar-refractivity contribution in [2.75, 3.05) is 26.4 Å². The number of nitrogens with zero attached hydrogens (tertiary/aromatic N) is 12. The lowest BCUT2D eigenvalue weighted by Gasteiger charge is -2.50. The van der Waals surface area contributed by atoms with Crippen molar-refractivity contribution < 1.29 is 114 Å². The number of esters is 6. The van der Waals surface area contributed by atoms with Gasteiger partial charge in [-0.2, -0.15) is 0 Å². The SMILES string of the molecule is CC(=O)OCC1OC(O[C@@H]2C(C(=O)OCc3ccccc3)OC(O[C@@H]3C(COC(C)=O)OC(O)[C@@H](N=[N+]=[N-])[C@H]3C)[C@@H](C)[C@H]2C)[C@@H](N=[N+]=[N-])[C@@H](C)[C@@H]1C.CC(=O)OCC1OC(O[C@@H]2C(C(=O)OCc3ccccc3)OC(O[C@@H]3C(COC(C)=O)OC(OC(=N)C(Cl)(Cl)Cl)[C@@H](N=[N+]=[N-])[C@H]3C)[C@@H](C)[C@H]2C)[C@@H](N=[N+]=[N-])[C@@H](C)[C@@H]1C. The molecule has 0 aliphatic carbocycles. The third kappa shape index (κ3) is 23.7. The Labute approximate surface area is 649 Å². The van der Waals surface area contributed by atoms with Gasteiger partial charge in [0.2, 0.25) is 12.2 Å². The third-order valence-corrected chi connectivity index (χ3v) is 21.5. The van der Waals surface area contributed by atoms with Crippen molar-refractivity contribution in [2.45, 2.75) is 237 Å². The Hall–Kier alpha value is -7.60. The van der Waals surface area contributed by atoms with E-state index in [0.717, 1.165) is 5.56 Å². The number of azide groups is 4. The molecule has 2 aromatic rings. The lowest BCUT2D eigenvalue weighted by atomic mass is 9.81. The summed E-state index contributed by atoms with van der Waals surface area (Å²) in [4.78, 5) is 86.8. The number of carbonyl (C=O) groups is 6. The molecule has 2 aromatic carbocycles. The zero-order chi connectivity index (χ0) is 81.0. The number of halogens is 3. The van der Waals surface area contributed by atoms with Crippen LogP contribution < -0.4 is 0 Å². The summed E-state index contributed by atoms with van der Waals surface area (Å²) in [6, 6.07) is 14.2. The fraction of sp³-hybridized carbons (Fsp3) is 0.729. The fourth-order valence-electron chi connectivity index (χ4n) is 13.7. The Balaban J connectivity index is 0.000000308. The standard InChI is InChI=1S/C36H48Cl3N7O12.C34H48N6O12/c1-16-17(2)26(43-45-41)33(53-24(16)14-50-21(6)47)56-29-18(3)19(4)32(57-30(29)31(49)52-13-23-11-9-8-10-12-23)55-28-20(5)27(44-46-42)34(58-35(40)36(37,38)39)54-25(28)15-51-22(7)48;1-16-17(2)27(38-40-36)34(49-24(16)14-45-21(6)41)51-29-18(3)19(4)33(52-30(29)32(44)47-13-23-11-9-8-10-12-23)50-28-20(5)26(37-39-35)31(43)48-25(28)15-46-22(7)42/h8-12,16-20,24-30,32-34,40H,13-15H2,1-7H3;8-12,16-20,24-31,33-34,43H,13-15H2,1-7H3/t16-,17-,18+,19-,20+,24?,25?,26-,27-,28-,29-,30?,32?,33?,34?;16-,17-,18+,19-,20+,24?,25?,26-,27-,28-,29-,30?,31?,33?,34?/m00/s1. The number of nitrogens with one attached hydrogen (secondary N) is 1. The molecule has 6 heterocycles. The molecule has 0 spiro atoms. The first kappa shape index (κ1) is 89.6. The molecule has 606 valence electrons. The minimum Gasteiger partial charge on any atom is -0.463 e. The van der Waals surface area contributed by atoms with Crippen LogP contribution in [0.1, 0.15) is 108 Å². The van der Waals surface area contributed by atoms with Crippen molar-refractivity contribution in [3.63, 3.8) is 0 Å². The molecule has 6 saturated heterocycles. The first-order chi connectivity index (χ1) is 52.1. The summed E-state index contributed by atoms with van der Waals surface area (Å²) >= 11 is 17.5. The molecule has 0 amide bonds. The second kappa shape index (κ2) is 41.8. The smallest absolute Gasteiger partial charge is 0.338 e. The number of aliphatic hydroxyl groups excluding tert-OH is 1. The van der Waals surface area contributed by atoms with Gasteiger partial charge in [-0.25, -0.2) is 9.59 Å². The van der Waals surface area contributed by atoms with Gasteiger partial charge in [0.05, 0.1) is 42.5 Å². The molecule has 30 atom stereocenters. The van der Waals surface area contributed by atoms with Crippen molar-refractivity contribution in [2.24, 2.45) is 79.6 Å². The maximum Gasteiger partial charge on any atom is 0.338 e. The van der Waals surface area contributed by atoms with E-state index in [1.54, 1.807) is 57.2 Å². The lowest BCUT2D eigenvalue weighted by molar-refractivity contribution is -0.338. The minimum absolute atomic E-state index is 0.0586. The fourth-order valence-corrected chi connectivity index (χ4v) is 13.8. The van der Waals surface area contributed by atoms with Crippen LogP contribution in [0.25, 0.3) is 41.8 Å². The first-order valence-electron chi connectivity index (χ1n) is 35.8. The molecule has 0 radical (unpaired) electrons. The van der Waals surface area contributed by atoms with E-state index in [9.17, 15) is 50.5 Å². The van der Waals surface area contributed by atoms with Gasteiger partial charge in [-0.3, -0.25) is 24.6 Å². The van der Waals surface area contributed by atoms with Crippen LogP contribution in [0.15, 0.2) is 81.1 Å². The zero-order valence-corrected chi connectivity index (χ0v) is 65.4. The molecule has 6 aliphatic heterocycles. The quantitative estimate of drug-likeness (QED) is 0.0123. The van der Waals surface area contributed by atoms with Gasteiger partial charge in [-0.05, 0) is 80.6 Å². The molecule has 2 N–H and O–H groups in total. The van der Waals surface area contributed by atoms with Crippen molar-refractivity contribution in [3.05, 3.63) is 114 Å². The highest BCUT2D eigenvalue weighted by atomic mass is 35.6. The van der Waals surface area contributed by atoms with Crippen LogP contribution in [0.4, 0.5) is 0 Å². The number of aliphatic hydroxyl groups is 1. The summed E-state index contributed by atoms with van der Waals surface area (Å²) in [5.41, 5.74) is 39.0. The van der Waals surface area contributed by atoms with Gasteiger partial charge in [0.15, 0.2) is 43.7 Å². The summed E-state index contributed by atoms with van der Waals surface area (Å²) in [5, 5.41) is 34.2. The number of hydrogen-bond donors (Lipinski definition) is 2. The Bertz CT molecular complexity index is 3640. The summed E-state index contributed by atoms with van der Waals surface area (Å²) in [6.45, 7) is 22.2. The first-order valence-corrected chi connectivity index (χ1v) is 36.9. The van der Waals surface area contributed by atoms with Crippen molar-refractivity contribution in [3.8, 4) is 0 Å². The molecule has 8 rings (SSSR count). The zero-order valence-electron chi connectivity index (χ0n) is 63.2.